The highest BCUT2D eigenvalue weighted by Gasteiger charge is 2.14. The van der Waals surface area contributed by atoms with Crippen LogP contribution in [-0.4, -0.2) is 36.6 Å². The van der Waals surface area contributed by atoms with Crippen LogP contribution in [0.1, 0.15) is 29.9 Å². The van der Waals surface area contributed by atoms with E-state index in [0.29, 0.717) is 41.9 Å². The van der Waals surface area contributed by atoms with Crippen LogP contribution < -0.4 is 14.8 Å². The molecular weight excluding hydrogens is 400 g/mol. The van der Waals surface area contributed by atoms with Crippen molar-refractivity contribution in [3.8, 4) is 23.0 Å². The first-order valence-corrected chi connectivity index (χ1v) is 9.94. The van der Waals surface area contributed by atoms with Crippen molar-refractivity contribution in [2.75, 3.05) is 19.8 Å². The van der Waals surface area contributed by atoms with Crippen molar-refractivity contribution in [3.05, 3.63) is 66.1 Å². The van der Waals surface area contributed by atoms with Crippen LogP contribution in [-0.2, 0) is 16.1 Å². The molecule has 0 aliphatic heterocycles. The van der Waals surface area contributed by atoms with Crippen molar-refractivity contribution in [1.29, 1.82) is 0 Å². The number of nitrogens with zero attached hydrogens (tertiary/aromatic N) is 1. The maximum atomic E-state index is 12.4. The van der Waals surface area contributed by atoms with Gasteiger partial charge in [-0.2, -0.15) is 0 Å². The summed E-state index contributed by atoms with van der Waals surface area (Å²) in [5.74, 6) is 0.463. The normalized spacial score (nSPS) is 10.4. The Morgan fingerprint density at radius 3 is 2.48 bits per heavy atom. The summed E-state index contributed by atoms with van der Waals surface area (Å²) in [6.45, 7) is 4.29. The summed E-state index contributed by atoms with van der Waals surface area (Å²) in [4.78, 5) is 28.7. The Balaban J connectivity index is 1.50. The van der Waals surface area contributed by atoms with E-state index in [1.54, 1.807) is 18.2 Å². The van der Waals surface area contributed by atoms with Gasteiger partial charge in [0.05, 0.1) is 13.2 Å². The molecule has 8 nitrogen and oxygen atoms in total. The molecule has 1 N–H and O–H groups in total. The number of esters is 1. The summed E-state index contributed by atoms with van der Waals surface area (Å²) >= 11 is 0. The van der Waals surface area contributed by atoms with E-state index in [-0.39, 0.29) is 13.2 Å². The number of nitrogens with one attached hydrogen (secondary N) is 1. The molecule has 31 heavy (non-hydrogen) atoms. The Kier molecular flexibility index (Phi) is 7.64. The standard InChI is InChI=1S/C23H24N2O6/c1-3-28-19-11-10-17(12-20(19)29-4-2)22(27)24-13-21(26)30-14-18-15-31-23(25-18)16-8-6-5-7-9-16/h5-12,15H,3-4,13-14H2,1-2H3,(H,24,27). The molecule has 2 aromatic carbocycles. The average Bonchev–Trinajstić information content (AvgIpc) is 3.27. The average molecular weight is 424 g/mol. The first-order valence-electron chi connectivity index (χ1n) is 9.94. The highest BCUT2D eigenvalue weighted by Crippen LogP contribution is 2.28. The number of ether oxygens (including phenoxy) is 3. The molecule has 0 radical (unpaired) electrons. The minimum absolute atomic E-state index is 0.0530. The van der Waals surface area contributed by atoms with E-state index in [9.17, 15) is 9.59 Å². The maximum Gasteiger partial charge on any atom is 0.325 e. The second-order valence-electron chi connectivity index (χ2n) is 6.38. The van der Waals surface area contributed by atoms with Crippen LogP contribution >= 0.6 is 0 Å². The topological polar surface area (TPSA) is 99.9 Å². The van der Waals surface area contributed by atoms with Crippen LogP contribution in [0.15, 0.2) is 59.2 Å². The van der Waals surface area contributed by atoms with Crippen molar-refractivity contribution in [1.82, 2.24) is 10.3 Å². The second kappa shape index (κ2) is 10.8. The molecule has 0 aliphatic rings. The van der Waals surface area contributed by atoms with E-state index in [2.05, 4.69) is 10.3 Å². The summed E-state index contributed by atoms with van der Waals surface area (Å²) < 4.78 is 21.6. The first kappa shape index (κ1) is 21.9. The van der Waals surface area contributed by atoms with Gasteiger partial charge in [0, 0.05) is 11.1 Å². The lowest BCUT2D eigenvalue weighted by molar-refractivity contribution is -0.143. The number of hydrogen-bond acceptors (Lipinski definition) is 7. The van der Waals surface area contributed by atoms with Gasteiger partial charge >= 0.3 is 5.97 Å². The zero-order valence-corrected chi connectivity index (χ0v) is 17.4. The highest BCUT2D eigenvalue weighted by molar-refractivity contribution is 5.96. The number of carbonyl (C=O) groups excluding carboxylic acids is 2. The molecular formula is C23H24N2O6. The van der Waals surface area contributed by atoms with Gasteiger partial charge in [0.15, 0.2) is 11.5 Å². The van der Waals surface area contributed by atoms with Gasteiger partial charge < -0.3 is 23.9 Å². The van der Waals surface area contributed by atoms with E-state index in [1.165, 1.54) is 6.26 Å². The molecule has 0 bridgehead atoms. The molecule has 0 atom stereocenters. The SMILES string of the molecule is CCOc1ccc(C(=O)NCC(=O)OCc2coc(-c3ccccc3)n2)cc1OCC. The molecule has 8 heteroatoms. The molecule has 1 amide bonds. The number of aromatic nitrogens is 1. The molecule has 0 saturated carbocycles. The zero-order chi connectivity index (χ0) is 22.1. The smallest absolute Gasteiger partial charge is 0.325 e. The molecule has 0 fully saturated rings. The Bertz CT molecular complexity index is 1020. The minimum atomic E-state index is -0.589. The van der Waals surface area contributed by atoms with Crippen molar-refractivity contribution in [3.63, 3.8) is 0 Å². The van der Waals surface area contributed by atoms with Gasteiger partial charge in [-0.1, -0.05) is 18.2 Å². The quantitative estimate of drug-likeness (QED) is 0.496. The number of amides is 1. The third-order valence-corrected chi connectivity index (χ3v) is 4.15. The van der Waals surface area contributed by atoms with Gasteiger partial charge in [-0.25, -0.2) is 4.98 Å². The Morgan fingerprint density at radius 1 is 1.00 bits per heavy atom. The lowest BCUT2D eigenvalue weighted by Gasteiger charge is -2.12. The van der Waals surface area contributed by atoms with Crippen LogP contribution in [0.3, 0.4) is 0 Å². The van der Waals surface area contributed by atoms with Gasteiger partial charge in [-0.3, -0.25) is 9.59 Å². The first-order chi connectivity index (χ1) is 15.1. The van der Waals surface area contributed by atoms with Gasteiger partial charge in [0.2, 0.25) is 5.89 Å². The summed E-state index contributed by atoms with van der Waals surface area (Å²) in [6.07, 6.45) is 1.43. The van der Waals surface area contributed by atoms with Crippen molar-refractivity contribution < 1.29 is 28.2 Å². The van der Waals surface area contributed by atoms with E-state index < -0.39 is 11.9 Å². The summed E-state index contributed by atoms with van der Waals surface area (Å²) in [5.41, 5.74) is 1.66. The van der Waals surface area contributed by atoms with Crippen LogP contribution in [0.25, 0.3) is 11.5 Å². The van der Waals surface area contributed by atoms with E-state index in [1.807, 2.05) is 44.2 Å². The van der Waals surface area contributed by atoms with Gasteiger partial charge in [-0.15, -0.1) is 0 Å². The van der Waals surface area contributed by atoms with Crippen molar-refractivity contribution in [2.24, 2.45) is 0 Å². The van der Waals surface area contributed by atoms with Crippen LogP contribution in [0.2, 0.25) is 0 Å². The largest absolute Gasteiger partial charge is 0.490 e. The molecule has 3 aromatic rings. The monoisotopic (exact) mass is 424 g/mol. The van der Waals surface area contributed by atoms with Gasteiger partial charge in [-0.05, 0) is 44.2 Å². The fourth-order valence-electron chi connectivity index (χ4n) is 2.74. The van der Waals surface area contributed by atoms with Crippen LogP contribution in [0, 0.1) is 0 Å². The zero-order valence-electron chi connectivity index (χ0n) is 17.4. The predicted molar refractivity (Wildman–Crippen MR) is 113 cm³/mol. The molecule has 1 aromatic heterocycles. The number of benzene rings is 2. The molecule has 1 heterocycles. The number of carbonyl (C=O) groups is 2. The van der Waals surface area contributed by atoms with E-state index in [4.69, 9.17) is 18.6 Å². The van der Waals surface area contributed by atoms with Crippen LogP contribution in [0.5, 0.6) is 11.5 Å². The Morgan fingerprint density at radius 2 is 1.74 bits per heavy atom. The third kappa shape index (κ3) is 6.08. The molecule has 0 saturated heterocycles. The summed E-state index contributed by atoms with van der Waals surface area (Å²) in [5, 5.41) is 2.53. The second-order valence-corrected chi connectivity index (χ2v) is 6.38. The predicted octanol–water partition coefficient (Wildman–Crippen LogP) is 3.61. The minimum Gasteiger partial charge on any atom is -0.490 e. The lowest BCUT2D eigenvalue weighted by Crippen LogP contribution is -2.30. The number of rotatable bonds is 10. The highest BCUT2D eigenvalue weighted by atomic mass is 16.5. The summed E-state index contributed by atoms with van der Waals surface area (Å²) in [7, 11) is 0. The number of hydrogen-bond donors (Lipinski definition) is 1. The maximum absolute atomic E-state index is 12.4. The van der Waals surface area contributed by atoms with Crippen LogP contribution in [0.4, 0.5) is 0 Å². The molecule has 162 valence electrons. The molecule has 3 rings (SSSR count). The lowest BCUT2D eigenvalue weighted by atomic mass is 10.2. The molecule has 0 aliphatic carbocycles. The number of oxazole rings is 1. The Hall–Kier alpha value is -3.81. The third-order valence-electron chi connectivity index (χ3n) is 4.15. The van der Waals surface area contributed by atoms with Crippen molar-refractivity contribution in [2.45, 2.75) is 20.5 Å². The fourth-order valence-corrected chi connectivity index (χ4v) is 2.74. The summed E-state index contributed by atoms with van der Waals surface area (Å²) in [6, 6.07) is 14.2. The van der Waals surface area contributed by atoms with E-state index >= 15 is 0 Å². The van der Waals surface area contributed by atoms with E-state index in [0.717, 1.165) is 5.56 Å². The molecule has 0 unspecified atom stereocenters. The van der Waals surface area contributed by atoms with Gasteiger partial charge in [0.1, 0.15) is 25.1 Å². The van der Waals surface area contributed by atoms with Gasteiger partial charge in [0.25, 0.3) is 5.91 Å². The van der Waals surface area contributed by atoms with Crippen molar-refractivity contribution >= 4 is 11.9 Å². The molecule has 0 spiro atoms. The Labute approximate surface area is 180 Å². The fraction of sp³-hybridized carbons (Fsp3) is 0.261.